The first-order valence-electron chi connectivity index (χ1n) is 8.24. The van der Waals surface area contributed by atoms with Crippen molar-refractivity contribution in [1.82, 2.24) is 0 Å². The molecule has 118 valence electrons. The summed E-state index contributed by atoms with van der Waals surface area (Å²) < 4.78 is 6.53. The SMILES string of the molecule is CC1(C)c2ccccc2NC12C=Nc1c(ccc3ccccc13)O2. The Morgan fingerprint density at radius 1 is 0.917 bits per heavy atom. The number of fused-ring (bicyclic) bond motifs is 4. The van der Waals surface area contributed by atoms with Crippen molar-refractivity contribution in [2.24, 2.45) is 4.99 Å². The van der Waals surface area contributed by atoms with Crippen LogP contribution >= 0.6 is 0 Å². The normalized spacial score (nSPS) is 22.8. The van der Waals surface area contributed by atoms with E-state index in [1.165, 1.54) is 10.9 Å². The van der Waals surface area contributed by atoms with Gasteiger partial charge in [0.25, 0.3) is 0 Å². The average Bonchev–Trinajstić information content (AvgIpc) is 2.82. The fourth-order valence-corrected chi connectivity index (χ4v) is 3.85. The van der Waals surface area contributed by atoms with E-state index in [0.29, 0.717) is 0 Å². The second-order valence-corrected chi connectivity index (χ2v) is 7.02. The summed E-state index contributed by atoms with van der Waals surface area (Å²) in [7, 11) is 0. The maximum atomic E-state index is 6.53. The van der Waals surface area contributed by atoms with Crippen LogP contribution in [-0.2, 0) is 5.41 Å². The molecular formula is C21H18N2O. The van der Waals surface area contributed by atoms with Crippen LogP contribution in [0.2, 0.25) is 0 Å². The predicted molar refractivity (Wildman–Crippen MR) is 98.5 cm³/mol. The third kappa shape index (κ3) is 1.59. The van der Waals surface area contributed by atoms with Crippen LogP contribution in [-0.4, -0.2) is 11.9 Å². The van der Waals surface area contributed by atoms with Crippen LogP contribution in [0.3, 0.4) is 0 Å². The van der Waals surface area contributed by atoms with Gasteiger partial charge in [0.1, 0.15) is 11.4 Å². The lowest BCUT2D eigenvalue weighted by Crippen LogP contribution is -2.56. The van der Waals surface area contributed by atoms with Gasteiger partial charge in [0.05, 0.1) is 11.6 Å². The minimum absolute atomic E-state index is 0.226. The molecule has 0 saturated carbocycles. The summed E-state index contributed by atoms with van der Waals surface area (Å²) in [5, 5.41) is 5.85. The Morgan fingerprint density at radius 2 is 1.71 bits per heavy atom. The molecule has 1 unspecified atom stereocenters. The second-order valence-electron chi connectivity index (χ2n) is 7.02. The molecule has 3 aromatic carbocycles. The summed E-state index contributed by atoms with van der Waals surface area (Å²) in [6, 6.07) is 20.8. The van der Waals surface area contributed by atoms with Crippen LogP contribution in [0.5, 0.6) is 5.75 Å². The average molecular weight is 314 g/mol. The second kappa shape index (κ2) is 4.38. The van der Waals surface area contributed by atoms with Gasteiger partial charge in [-0.15, -0.1) is 0 Å². The Bertz CT molecular complexity index is 1010. The first-order chi connectivity index (χ1) is 11.6. The Labute approximate surface area is 141 Å². The van der Waals surface area contributed by atoms with E-state index < -0.39 is 5.72 Å². The van der Waals surface area contributed by atoms with Gasteiger partial charge in [-0.3, -0.25) is 4.99 Å². The van der Waals surface area contributed by atoms with E-state index in [-0.39, 0.29) is 5.41 Å². The number of benzene rings is 3. The van der Waals surface area contributed by atoms with E-state index in [0.717, 1.165) is 22.5 Å². The number of hydrogen-bond acceptors (Lipinski definition) is 3. The number of anilines is 1. The zero-order chi connectivity index (χ0) is 16.4. The third-order valence-electron chi connectivity index (χ3n) is 5.36. The summed E-state index contributed by atoms with van der Waals surface area (Å²) in [6.45, 7) is 4.40. The highest BCUT2D eigenvalue weighted by Gasteiger charge is 2.55. The van der Waals surface area contributed by atoms with Gasteiger partial charge < -0.3 is 10.1 Å². The summed E-state index contributed by atoms with van der Waals surface area (Å²) in [5.74, 6) is 0.824. The molecule has 5 rings (SSSR count). The smallest absolute Gasteiger partial charge is 0.226 e. The quantitative estimate of drug-likeness (QED) is 0.631. The van der Waals surface area contributed by atoms with Crippen LogP contribution < -0.4 is 10.1 Å². The fraction of sp³-hybridized carbons (Fsp3) is 0.190. The standard InChI is InChI=1S/C21H18N2O/c1-20(2)16-9-5-6-10-17(16)23-21(20)13-22-19-15-8-4-3-7-14(15)11-12-18(19)24-21/h3-13,23H,1-2H3. The van der Waals surface area contributed by atoms with Crippen LogP contribution in [0.15, 0.2) is 65.7 Å². The molecule has 0 aliphatic carbocycles. The largest absolute Gasteiger partial charge is 0.460 e. The van der Waals surface area contributed by atoms with Crippen LogP contribution in [0.4, 0.5) is 11.4 Å². The van der Waals surface area contributed by atoms with Crippen LogP contribution in [0.25, 0.3) is 10.8 Å². The maximum absolute atomic E-state index is 6.53. The van der Waals surface area contributed by atoms with Crippen molar-refractivity contribution in [2.45, 2.75) is 25.0 Å². The first kappa shape index (κ1) is 13.6. The molecule has 1 atom stereocenters. The minimum Gasteiger partial charge on any atom is -0.460 e. The molecule has 1 N–H and O–H groups in total. The number of aliphatic imine (C=N–C) groups is 1. The monoisotopic (exact) mass is 314 g/mol. The van der Waals surface area contributed by atoms with E-state index in [4.69, 9.17) is 9.73 Å². The first-order valence-corrected chi connectivity index (χ1v) is 8.24. The van der Waals surface area contributed by atoms with Crippen molar-refractivity contribution in [3.05, 3.63) is 66.2 Å². The van der Waals surface area contributed by atoms with E-state index in [2.05, 4.69) is 55.6 Å². The zero-order valence-corrected chi connectivity index (χ0v) is 13.7. The molecule has 1 spiro atoms. The lowest BCUT2D eigenvalue weighted by atomic mass is 9.78. The molecule has 0 radical (unpaired) electrons. The fourth-order valence-electron chi connectivity index (χ4n) is 3.85. The van der Waals surface area contributed by atoms with E-state index in [1.54, 1.807) is 0 Å². The molecule has 0 aromatic heterocycles. The Balaban J connectivity index is 1.68. The zero-order valence-electron chi connectivity index (χ0n) is 13.7. The van der Waals surface area contributed by atoms with Crippen molar-refractivity contribution < 1.29 is 4.74 Å². The number of ether oxygens (including phenoxy) is 1. The molecule has 0 bridgehead atoms. The number of nitrogens with zero attached hydrogens (tertiary/aromatic N) is 1. The molecular weight excluding hydrogens is 296 g/mol. The van der Waals surface area contributed by atoms with Crippen molar-refractivity contribution in [2.75, 3.05) is 5.32 Å². The Kier molecular flexibility index (Phi) is 2.49. The Morgan fingerprint density at radius 3 is 2.58 bits per heavy atom. The van der Waals surface area contributed by atoms with E-state index in [9.17, 15) is 0 Å². The maximum Gasteiger partial charge on any atom is 0.226 e. The number of nitrogens with one attached hydrogen (secondary N) is 1. The molecule has 0 fully saturated rings. The van der Waals surface area contributed by atoms with Gasteiger partial charge in [0.15, 0.2) is 0 Å². The topological polar surface area (TPSA) is 33.6 Å². The van der Waals surface area contributed by atoms with Crippen LogP contribution in [0.1, 0.15) is 19.4 Å². The minimum atomic E-state index is -0.661. The summed E-state index contributed by atoms with van der Waals surface area (Å²) in [4.78, 5) is 4.82. The van der Waals surface area contributed by atoms with Gasteiger partial charge in [0, 0.05) is 11.1 Å². The van der Waals surface area contributed by atoms with Crippen LogP contribution in [0, 0.1) is 0 Å². The number of hydrogen-bond donors (Lipinski definition) is 1. The highest BCUT2D eigenvalue weighted by molar-refractivity contribution is 5.99. The van der Waals surface area contributed by atoms with E-state index >= 15 is 0 Å². The van der Waals surface area contributed by atoms with Gasteiger partial charge >= 0.3 is 0 Å². The lowest BCUT2D eigenvalue weighted by Gasteiger charge is -2.40. The lowest BCUT2D eigenvalue weighted by molar-refractivity contribution is 0.107. The number of para-hydroxylation sites is 1. The van der Waals surface area contributed by atoms with Crippen molar-refractivity contribution in [3.63, 3.8) is 0 Å². The molecule has 3 nitrogen and oxygen atoms in total. The van der Waals surface area contributed by atoms with Crippen molar-refractivity contribution in [1.29, 1.82) is 0 Å². The van der Waals surface area contributed by atoms with Crippen molar-refractivity contribution in [3.8, 4) is 5.75 Å². The summed E-state index contributed by atoms with van der Waals surface area (Å²) in [5.41, 5.74) is 2.38. The van der Waals surface area contributed by atoms with Crippen molar-refractivity contribution >= 4 is 28.4 Å². The molecule has 2 aliphatic rings. The summed E-state index contributed by atoms with van der Waals surface area (Å²) in [6.07, 6.45) is 1.93. The molecule has 24 heavy (non-hydrogen) atoms. The Hall–Kier alpha value is -2.81. The summed E-state index contributed by atoms with van der Waals surface area (Å²) >= 11 is 0. The van der Waals surface area contributed by atoms with Gasteiger partial charge in [-0.1, -0.05) is 48.5 Å². The third-order valence-corrected chi connectivity index (χ3v) is 5.36. The van der Waals surface area contributed by atoms with Gasteiger partial charge in [0.2, 0.25) is 5.72 Å². The predicted octanol–water partition coefficient (Wildman–Crippen LogP) is 5.03. The molecule has 0 amide bonds. The highest BCUT2D eigenvalue weighted by atomic mass is 16.5. The van der Waals surface area contributed by atoms with Gasteiger partial charge in [-0.25, -0.2) is 0 Å². The molecule has 2 heterocycles. The molecule has 3 aromatic rings. The van der Waals surface area contributed by atoms with Gasteiger partial charge in [-0.05, 0) is 36.9 Å². The van der Waals surface area contributed by atoms with Gasteiger partial charge in [-0.2, -0.15) is 0 Å². The van der Waals surface area contributed by atoms with E-state index in [1.807, 2.05) is 30.5 Å². The highest BCUT2D eigenvalue weighted by Crippen LogP contribution is 2.51. The molecule has 0 saturated heterocycles. The molecule has 2 aliphatic heterocycles. The molecule has 3 heteroatoms. The number of rotatable bonds is 0.